The Kier molecular flexibility index (Phi) is 3.36. The molecule has 17 heavy (non-hydrogen) atoms. The fourth-order valence-electron chi connectivity index (χ4n) is 2.24. The topological polar surface area (TPSA) is 55.1 Å². The lowest BCUT2D eigenvalue weighted by atomic mass is 10.1. The number of carbonyl (C=O) groups is 1. The van der Waals surface area contributed by atoms with Crippen LogP contribution in [0.25, 0.3) is 0 Å². The van der Waals surface area contributed by atoms with E-state index in [-0.39, 0.29) is 5.91 Å². The fourth-order valence-corrected chi connectivity index (χ4v) is 2.24. The second-order valence-corrected chi connectivity index (χ2v) is 4.94. The standard InChI is InChI=1S/C14H20N2O/c1-3-4-10-7-13(10)16-14(17)12-8-11(15)6-5-9(12)2/h5-6,8,10,13H,3-4,7,15H2,1-2H3,(H,16,17). The van der Waals surface area contributed by atoms with E-state index in [4.69, 9.17) is 5.73 Å². The van der Waals surface area contributed by atoms with E-state index in [0.29, 0.717) is 23.2 Å². The Morgan fingerprint density at radius 1 is 1.53 bits per heavy atom. The van der Waals surface area contributed by atoms with Crippen LogP contribution in [0.4, 0.5) is 5.69 Å². The molecule has 3 N–H and O–H groups in total. The van der Waals surface area contributed by atoms with Gasteiger partial charge in [0.05, 0.1) is 0 Å². The Morgan fingerprint density at radius 3 is 3.00 bits per heavy atom. The molecule has 1 amide bonds. The fraction of sp³-hybridized carbons (Fsp3) is 0.500. The highest BCUT2D eigenvalue weighted by atomic mass is 16.1. The van der Waals surface area contributed by atoms with Crippen LogP contribution in [0.2, 0.25) is 0 Å². The minimum atomic E-state index is 0.0124. The monoisotopic (exact) mass is 232 g/mol. The van der Waals surface area contributed by atoms with Crippen molar-refractivity contribution in [3.05, 3.63) is 29.3 Å². The number of rotatable bonds is 4. The van der Waals surface area contributed by atoms with Crippen molar-refractivity contribution < 1.29 is 4.79 Å². The van der Waals surface area contributed by atoms with Crippen LogP contribution in [0.15, 0.2) is 18.2 Å². The summed E-state index contributed by atoms with van der Waals surface area (Å²) >= 11 is 0. The lowest BCUT2D eigenvalue weighted by molar-refractivity contribution is 0.0948. The Bertz CT molecular complexity index is 428. The van der Waals surface area contributed by atoms with Crippen LogP contribution in [-0.4, -0.2) is 11.9 Å². The van der Waals surface area contributed by atoms with E-state index in [1.165, 1.54) is 12.8 Å². The van der Waals surface area contributed by atoms with Gasteiger partial charge < -0.3 is 11.1 Å². The van der Waals surface area contributed by atoms with Crippen molar-refractivity contribution in [2.24, 2.45) is 5.92 Å². The van der Waals surface area contributed by atoms with Gasteiger partial charge in [-0.3, -0.25) is 4.79 Å². The summed E-state index contributed by atoms with van der Waals surface area (Å²) in [6.45, 7) is 4.12. The maximum absolute atomic E-state index is 12.1. The SMILES string of the molecule is CCCC1CC1NC(=O)c1cc(N)ccc1C. The molecule has 0 aliphatic heterocycles. The number of aryl methyl sites for hydroxylation is 1. The second-order valence-electron chi connectivity index (χ2n) is 4.94. The molecule has 92 valence electrons. The molecule has 2 atom stereocenters. The highest BCUT2D eigenvalue weighted by molar-refractivity contribution is 5.96. The summed E-state index contributed by atoms with van der Waals surface area (Å²) in [5, 5.41) is 3.08. The van der Waals surface area contributed by atoms with Crippen LogP contribution in [0, 0.1) is 12.8 Å². The smallest absolute Gasteiger partial charge is 0.251 e. The number of benzene rings is 1. The first-order valence-corrected chi connectivity index (χ1v) is 6.28. The van der Waals surface area contributed by atoms with Crippen LogP contribution < -0.4 is 11.1 Å². The van der Waals surface area contributed by atoms with Gasteiger partial charge in [-0.2, -0.15) is 0 Å². The molecule has 1 aromatic rings. The van der Waals surface area contributed by atoms with Gasteiger partial charge in [-0.05, 0) is 43.4 Å². The average molecular weight is 232 g/mol. The Labute approximate surface area is 102 Å². The van der Waals surface area contributed by atoms with Crippen molar-refractivity contribution in [2.75, 3.05) is 5.73 Å². The largest absolute Gasteiger partial charge is 0.399 e. The molecule has 0 aromatic heterocycles. The Hall–Kier alpha value is -1.51. The van der Waals surface area contributed by atoms with Gasteiger partial charge in [-0.25, -0.2) is 0 Å². The maximum Gasteiger partial charge on any atom is 0.251 e. The molecule has 1 saturated carbocycles. The van der Waals surface area contributed by atoms with Crippen LogP contribution in [-0.2, 0) is 0 Å². The number of anilines is 1. The number of nitrogen functional groups attached to an aromatic ring is 1. The molecular formula is C14H20N2O. The van der Waals surface area contributed by atoms with Gasteiger partial charge in [0.15, 0.2) is 0 Å². The number of nitrogens with one attached hydrogen (secondary N) is 1. The van der Waals surface area contributed by atoms with Crippen LogP contribution >= 0.6 is 0 Å². The summed E-state index contributed by atoms with van der Waals surface area (Å²) in [5.74, 6) is 0.698. The number of nitrogens with two attached hydrogens (primary N) is 1. The minimum absolute atomic E-state index is 0.0124. The number of carbonyl (C=O) groups excluding carboxylic acids is 1. The normalized spacial score (nSPS) is 22.2. The molecule has 0 heterocycles. The molecule has 3 heteroatoms. The molecule has 1 fully saturated rings. The van der Waals surface area contributed by atoms with Gasteiger partial charge in [0, 0.05) is 17.3 Å². The van der Waals surface area contributed by atoms with Crippen molar-refractivity contribution in [1.82, 2.24) is 5.32 Å². The maximum atomic E-state index is 12.1. The third-order valence-corrected chi connectivity index (χ3v) is 3.40. The molecule has 0 radical (unpaired) electrons. The summed E-state index contributed by atoms with van der Waals surface area (Å²) in [4.78, 5) is 12.1. The molecule has 1 aromatic carbocycles. The number of hydrogen-bond acceptors (Lipinski definition) is 2. The van der Waals surface area contributed by atoms with Gasteiger partial charge in [0.1, 0.15) is 0 Å². The molecule has 0 spiro atoms. The van der Waals surface area contributed by atoms with Crippen LogP contribution in [0.1, 0.15) is 42.1 Å². The van der Waals surface area contributed by atoms with Gasteiger partial charge in [0.25, 0.3) is 5.91 Å². The minimum Gasteiger partial charge on any atom is -0.399 e. The zero-order valence-corrected chi connectivity index (χ0v) is 10.5. The van der Waals surface area contributed by atoms with Crippen molar-refractivity contribution in [3.8, 4) is 0 Å². The van der Waals surface area contributed by atoms with E-state index >= 15 is 0 Å². The molecule has 3 nitrogen and oxygen atoms in total. The molecule has 0 bridgehead atoms. The summed E-state index contributed by atoms with van der Waals surface area (Å²) < 4.78 is 0. The Balaban J connectivity index is 1.98. The highest BCUT2D eigenvalue weighted by Crippen LogP contribution is 2.34. The number of hydrogen-bond donors (Lipinski definition) is 2. The molecule has 0 saturated heterocycles. The van der Waals surface area contributed by atoms with E-state index in [2.05, 4.69) is 12.2 Å². The number of amides is 1. The van der Waals surface area contributed by atoms with E-state index in [0.717, 1.165) is 12.0 Å². The van der Waals surface area contributed by atoms with E-state index in [1.807, 2.05) is 19.1 Å². The third kappa shape index (κ3) is 2.78. The summed E-state index contributed by atoms with van der Waals surface area (Å²) in [6.07, 6.45) is 3.52. The van der Waals surface area contributed by atoms with Crippen molar-refractivity contribution >= 4 is 11.6 Å². The summed E-state index contributed by atoms with van der Waals surface area (Å²) in [6, 6.07) is 5.84. The first-order chi connectivity index (χ1) is 8.11. The van der Waals surface area contributed by atoms with Gasteiger partial charge in [-0.15, -0.1) is 0 Å². The summed E-state index contributed by atoms with van der Waals surface area (Å²) in [7, 11) is 0. The van der Waals surface area contributed by atoms with Gasteiger partial charge >= 0.3 is 0 Å². The van der Waals surface area contributed by atoms with Crippen molar-refractivity contribution in [1.29, 1.82) is 0 Å². The zero-order chi connectivity index (χ0) is 12.4. The molecule has 1 aliphatic carbocycles. The first kappa shape index (κ1) is 12.0. The predicted octanol–water partition coefficient (Wildman–Crippen LogP) is 2.50. The van der Waals surface area contributed by atoms with Crippen molar-refractivity contribution in [3.63, 3.8) is 0 Å². The van der Waals surface area contributed by atoms with Gasteiger partial charge in [0.2, 0.25) is 0 Å². The van der Waals surface area contributed by atoms with Crippen LogP contribution in [0.5, 0.6) is 0 Å². The first-order valence-electron chi connectivity index (χ1n) is 6.28. The summed E-state index contributed by atoms with van der Waals surface area (Å²) in [5.41, 5.74) is 8.02. The predicted molar refractivity (Wildman–Crippen MR) is 69.9 cm³/mol. The lowest BCUT2D eigenvalue weighted by Crippen LogP contribution is -2.27. The van der Waals surface area contributed by atoms with Gasteiger partial charge in [-0.1, -0.05) is 19.4 Å². The second kappa shape index (κ2) is 4.78. The van der Waals surface area contributed by atoms with E-state index in [1.54, 1.807) is 6.07 Å². The van der Waals surface area contributed by atoms with Crippen molar-refractivity contribution in [2.45, 2.75) is 39.2 Å². The quantitative estimate of drug-likeness (QED) is 0.784. The third-order valence-electron chi connectivity index (χ3n) is 3.40. The molecule has 2 unspecified atom stereocenters. The molecule has 2 rings (SSSR count). The van der Waals surface area contributed by atoms with E-state index in [9.17, 15) is 4.79 Å². The van der Waals surface area contributed by atoms with Crippen LogP contribution in [0.3, 0.4) is 0 Å². The molecule has 1 aliphatic rings. The highest BCUT2D eigenvalue weighted by Gasteiger charge is 2.37. The molecular weight excluding hydrogens is 212 g/mol. The zero-order valence-electron chi connectivity index (χ0n) is 10.5. The lowest BCUT2D eigenvalue weighted by Gasteiger charge is -2.08. The Morgan fingerprint density at radius 2 is 2.29 bits per heavy atom. The van der Waals surface area contributed by atoms with E-state index < -0.39 is 0 Å². The average Bonchev–Trinajstić information content (AvgIpc) is 3.00.